The topological polar surface area (TPSA) is 3.24 Å². The Morgan fingerprint density at radius 1 is 1.20 bits per heavy atom. The van der Waals surface area contributed by atoms with E-state index >= 15 is 0 Å². The molecule has 0 aliphatic heterocycles. The van der Waals surface area contributed by atoms with Gasteiger partial charge in [0.05, 0.1) is 8.07 Å². The second-order valence-corrected chi connectivity index (χ2v) is 10.4. The number of alkyl halides is 3. The molecule has 0 aliphatic carbocycles. The molecule has 5 heteroatoms. The van der Waals surface area contributed by atoms with Crippen LogP contribution in [-0.2, 0) is 0 Å². The summed E-state index contributed by atoms with van der Waals surface area (Å²) in [6, 6.07) is -1.04. The van der Waals surface area contributed by atoms with Crippen LogP contribution >= 0.6 is 0 Å². The van der Waals surface area contributed by atoms with Gasteiger partial charge < -0.3 is 0 Å². The maximum atomic E-state index is 12.5. The van der Waals surface area contributed by atoms with Crippen molar-refractivity contribution in [3.8, 4) is 11.8 Å². The first kappa shape index (κ1) is 14.5. The smallest absolute Gasteiger partial charge is 0.288 e. The Morgan fingerprint density at radius 3 is 1.93 bits per heavy atom. The van der Waals surface area contributed by atoms with Crippen molar-refractivity contribution in [1.82, 2.24) is 4.90 Å². The van der Waals surface area contributed by atoms with Crippen molar-refractivity contribution in [2.75, 3.05) is 14.1 Å². The molecule has 0 saturated heterocycles. The summed E-state index contributed by atoms with van der Waals surface area (Å²) in [4.78, 5) is 1.09. The summed E-state index contributed by atoms with van der Waals surface area (Å²) < 4.78 is 37.4. The highest BCUT2D eigenvalue weighted by Crippen LogP contribution is 2.22. The third kappa shape index (κ3) is 6.58. The third-order valence-corrected chi connectivity index (χ3v) is 2.92. The average molecular weight is 237 g/mol. The van der Waals surface area contributed by atoms with Crippen LogP contribution in [0.1, 0.15) is 0 Å². The molecule has 0 heterocycles. The predicted molar refractivity (Wildman–Crippen MR) is 59.5 cm³/mol. The van der Waals surface area contributed by atoms with Crippen LogP contribution in [0.5, 0.6) is 0 Å². The highest BCUT2D eigenvalue weighted by atomic mass is 28.3. The minimum atomic E-state index is -4.27. The minimum Gasteiger partial charge on any atom is -0.288 e. The average Bonchev–Trinajstić information content (AvgIpc) is 1.92. The Bertz CT molecular complexity index is 255. The Kier molecular flexibility index (Phi) is 4.88. The normalized spacial score (nSPS) is 14.7. The zero-order valence-electron chi connectivity index (χ0n) is 9.87. The van der Waals surface area contributed by atoms with Crippen molar-refractivity contribution in [3.63, 3.8) is 0 Å². The van der Waals surface area contributed by atoms with Gasteiger partial charge >= 0.3 is 6.18 Å². The summed E-state index contributed by atoms with van der Waals surface area (Å²) in [5.41, 5.74) is 0. The van der Waals surface area contributed by atoms with Gasteiger partial charge in [0.25, 0.3) is 0 Å². The Morgan fingerprint density at radius 2 is 1.67 bits per heavy atom. The van der Waals surface area contributed by atoms with E-state index in [1.54, 1.807) is 0 Å². The van der Waals surface area contributed by atoms with Crippen LogP contribution in [0.3, 0.4) is 0 Å². The summed E-state index contributed by atoms with van der Waals surface area (Å²) in [5.74, 6) is 4.96. The fraction of sp³-hybridized carbons (Fsp3) is 0.800. The number of halogens is 3. The first-order valence-corrected chi connectivity index (χ1v) is 8.46. The lowest BCUT2D eigenvalue weighted by atomic mass is 10.2. The molecule has 88 valence electrons. The van der Waals surface area contributed by atoms with Crippen molar-refractivity contribution in [1.29, 1.82) is 0 Å². The molecule has 0 N–H and O–H groups in total. The first-order chi connectivity index (χ1) is 6.54. The quantitative estimate of drug-likeness (QED) is 0.527. The van der Waals surface area contributed by atoms with E-state index in [1.807, 2.05) is 0 Å². The molecule has 0 aromatic carbocycles. The van der Waals surface area contributed by atoms with Crippen LogP contribution in [0.15, 0.2) is 0 Å². The Hall–Kier alpha value is -0.473. The first-order valence-electron chi connectivity index (χ1n) is 4.75. The van der Waals surface area contributed by atoms with Gasteiger partial charge in [0.1, 0.15) is 0 Å². The SMILES string of the molecule is CN(C)C(C#CC[Si](C)(C)C)C(F)(F)F. The fourth-order valence-corrected chi connectivity index (χ4v) is 1.55. The molecule has 1 nitrogen and oxygen atoms in total. The van der Waals surface area contributed by atoms with Crippen LogP contribution < -0.4 is 0 Å². The molecule has 0 spiro atoms. The lowest BCUT2D eigenvalue weighted by Crippen LogP contribution is -2.40. The lowest BCUT2D eigenvalue weighted by molar-refractivity contribution is -0.161. The molecular weight excluding hydrogens is 219 g/mol. The van der Waals surface area contributed by atoms with Gasteiger partial charge in [-0.3, -0.25) is 4.90 Å². The molecule has 0 radical (unpaired) electrons. The van der Waals surface area contributed by atoms with Crippen molar-refractivity contribution in [3.05, 3.63) is 0 Å². The monoisotopic (exact) mass is 237 g/mol. The van der Waals surface area contributed by atoms with Crippen LogP contribution in [-0.4, -0.2) is 39.3 Å². The molecule has 0 aromatic heterocycles. The Labute approximate surface area is 90.7 Å². The van der Waals surface area contributed by atoms with Gasteiger partial charge in [0.15, 0.2) is 6.04 Å². The highest BCUT2D eigenvalue weighted by molar-refractivity contribution is 6.76. The molecule has 0 rings (SSSR count). The second-order valence-electron chi connectivity index (χ2n) is 4.97. The van der Waals surface area contributed by atoms with Gasteiger partial charge in [-0.05, 0) is 14.1 Å². The van der Waals surface area contributed by atoms with E-state index in [1.165, 1.54) is 14.1 Å². The summed E-state index contributed by atoms with van der Waals surface area (Å²) in [5, 5.41) is 0. The summed E-state index contributed by atoms with van der Waals surface area (Å²) in [6.45, 7) is 6.25. The van der Waals surface area contributed by atoms with Gasteiger partial charge in [0.2, 0.25) is 0 Å². The van der Waals surface area contributed by atoms with E-state index in [0.717, 1.165) is 4.90 Å². The molecule has 1 atom stereocenters. The third-order valence-electron chi connectivity index (χ3n) is 1.68. The number of hydrogen-bond acceptors (Lipinski definition) is 1. The fourth-order valence-electron chi connectivity index (χ4n) is 0.917. The zero-order valence-corrected chi connectivity index (χ0v) is 10.9. The standard InChI is InChI=1S/C10H18F3NSi/c1-14(2)9(10(11,12)13)7-6-8-15(3,4)5/h9H,8H2,1-5H3. The zero-order chi connectivity index (χ0) is 12.3. The number of hydrogen-bond donors (Lipinski definition) is 0. The molecule has 0 fully saturated rings. The molecule has 0 amide bonds. The van der Waals surface area contributed by atoms with Crippen molar-refractivity contribution in [2.24, 2.45) is 0 Å². The van der Waals surface area contributed by atoms with E-state index in [2.05, 4.69) is 31.5 Å². The van der Waals surface area contributed by atoms with Gasteiger partial charge in [-0.1, -0.05) is 25.6 Å². The van der Waals surface area contributed by atoms with E-state index in [9.17, 15) is 13.2 Å². The van der Waals surface area contributed by atoms with Gasteiger partial charge in [-0.25, -0.2) is 0 Å². The summed E-state index contributed by atoms with van der Waals surface area (Å²) in [7, 11) is 1.40. The van der Waals surface area contributed by atoms with Gasteiger partial charge in [0, 0.05) is 6.04 Å². The van der Waals surface area contributed by atoms with Crippen LogP contribution in [0.25, 0.3) is 0 Å². The maximum absolute atomic E-state index is 12.5. The second kappa shape index (κ2) is 5.04. The van der Waals surface area contributed by atoms with Crippen molar-refractivity contribution < 1.29 is 13.2 Å². The lowest BCUT2D eigenvalue weighted by Gasteiger charge is -2.21. The molecule has 15 heavy (non-hydrogen) atoms. The van der Waals surface area contributed by atoms with E-state index in [-0.39, 0.29) is 0 Å². The predicted octanol–water partition coefficient (Wildman–Crippen LogP) is 2.82. The van der Waals surface area contributed by atoms with E-state index in [0.29, 0.717) is 6.04 Å². The van der Waals surface area contributed by atoms with Crippen LogP contribution in [0, 0.1) is 11.8 Å². The molecule has 1 unspecified atom stereocenters. The summed E-state index contributed by atoms with van der Waals surface area (Å²) in [6.07, 6.45) is -4.27. The maximum Gasteiger partial charge on any atom is 0.415 e. The molecule has 0 saturated carbocycles. The minimum absolute atomic E-state index is 0.605. The largest absolute Gasteiger partial charge is 0.415 e. The molecule has 0 aliphatic rings. The van der Waals surface area contributed by atoms with Crippen molar-refractivity contribution >= 4 is 8.07 Å². The van der Waals surface area contributed by atoms with Crippen LogP contribution in [0.2, 0.25) is 25.7 Å². The Balaban J connectivity index is 4.57. The van der Waals surface area contributed by atoms with E-state index in [4.69, 9.17) is 0 Å². The van der Waals surface area contributed by atoms with Gasteiger partial charge in [-0.15, -0.1) is 5.92 Å². The number of nitrogens with zero attached hydrogens (tertiary/aromatic N) is 1. The van der Waals surface area contributed by atoms with Crippen LogP contribution in [0.4, 0.5) is 13.2 Å². The molecule has 0 aromatic rings. The molecule has 0 bridgehead atoms. The highest BCUT2D eigenvalue weighted by Gasteiger charge is 2.40. The van der Waals surface area contributed by atoms with E-state index < -0.39 is 20.3 Å². The number of rotatable bonds is 2. The van der Waals surface area contributed by atoms with Gasteiger partial charge in [-0.2, -0.15) is 13.2 Å². The summed E-state index contributed by atoms with van der Waals surface area (Å²) >= 11 is 0. The molecular formula is C10H18F3NSi. The van der Waals surface area contributed by atoms with Crippen molar-refractivity contribution in [2.45, 2.75) is 37.9 Å².